The van der Waals surface area contributed by atoms with Gasteiger partial charge in [0.2, 0.25) is 5.75 Å². The van der Waals surface area contributed by atoms with Gasteiger partial charge in [-0.1, -0.05) is 12.1 Å². The number of benzene rings is 2. The normalized spacial score (nSPS) is 10.5. The summed E-state index contributed by atoms with van der Waals surface area (Å²) in [6.07, 6.45) is 0.404. The van der Waals surface area contributed by atoms with Crippen LogP contribution in [0.4, 0.5) is 0 Å². The van der Waals surface area contributed by atoms with Gasteiger partial charge >= 0.3 is 0 Å². The molecule has 0 unspecified atom stereocenters. The highest BCUT2D eigenvalue weighted by atomic mass is 16.3. The molecule has 4 heteroatoms. The minimum Gasteiger partial charge on any atom is -0.508 e. The quantitative estimate of drug-likeness (QED) is 0.613. The summed E-state index contributed by atoms with van der Waals surface area (Å²) in [4.78, 5) is 0. The Labute approximate surface area is 104 Å². The van der Waals surface area contributed by atoms with Gasteiger partial charge in [-0.3, -0.25) is 0 Å². The van der Waals surface area contributed by atoms with E-state index >= 15 is 0 Å². The van der Waals surface area contributed by atoms with E-state index in [1.807, 2.05) is 0 Å². The zero-order chi connectivity index (χ0) is 13.3. The highest BCUT2D eigenvalue weighted by Crippen LogP contribution is 2.40. The van der Waals surface area contributed by atoms with E-state index in [1.165, 1.54) is 0 Å². The molecule has 0 atom stereocenters. The van der Waals surface area contributed by atoms with Crippen molar-refractivity contribution in [2.45, 2.75) is 13.3 Å². The fourth-order valence-electron chi connectivity index (χ4n) is 1.82. The third-order valence-electron chi connectivity index (χ3n) is 2.85. The van der Waals surface area contributed by atoms with Crippen molar-refractivity contribution in [2.75, 3.05) is 0 Å². The Morgan fingerprint density at radius 2 is 1.44 bits per heavy atom. The van der Waals surface area contributed by atoms with Gasteiger partial charge in [0.25, 0.3) is 0 Å². The Hall–Kier alpha value is -2.36. The Balaban J connectivity index is 2.38. The molecule has 0 fully saturated rings. The average Bonchev–Trinajstić information content (AvgIpc) is 2.36. The lowest BCUT2D eigenvalue weighted by Crippen LogP contribution is -1.91. The van der Waals surface area contributed by atoms with Gasteiger partial charge in [-0.2, -0.15) is 0 Å². The average molecular weight is 246 g/mol. The highest BCUT2D eigenvalue weighted by molar-refractivity contribution is 5.58. The molecular weight excluding hydrogens is 232 g/mol. The molecule has 4 N–H and O–H groups in total. The van der Waals surface area contributed by atoms with E-state index < -0.39 is 5.75 Å². The van der Waals surface area contributed by atoms with E-state index in [0.29, 0.717) is 17.5 Å². The highest BCUT2D eigenvalue weighted by Gasteiger charge is 2.14. The molecule has 0 saturated heterocycles. The van der Waals surface area contributed by atoms with Gasteiger partial charge in [-0.05, 0) is 36.2 Å². The van der Waals surface area contributed by atoms with Gasteiger partial charge in [0.1, 0.15) is 5.75 Å². The van der Waals surface area contributed by atoms with Crippen molar-refractivity contribution in [3.63, 3.8) is 0 Å². The van der Waals surface area contributed by atoms with Crippen molar-refractivity contribution >= 4 is 0 Å². The Morgan fingerprint density at radius 1 is 0.833 bits per heavy atom. The molecule has 2 rings (SSSR count). The van der Waals surface area contributed by atoms with Crippen LogP contribution >= 0.6 is 0 Å². The van der Waals surface area contributed by atoms with E-state index in [4.69, 9.17) is 0 Å². The molecule has 0 saturated carbocycles. The minimum absolute atomic E-state index is 0.174. The van der Waals surface area contributed by atoms with Crippen molar-refractivity contribution in [1.29, 1.82) is 0 Å². The van der Waals surface area contributed by atoms with Crippen LogP contribution in [0.2, 0.25) is 0 Å². The van der Waals surface area contributed by atoms with Crippen LogP contribution in [-0.4, -0.2) is 20.4 Å². The molecule has 18 heavy (non-hydrogen) atoms. The van der Waals surface area contributed by atoms with E-state index in [9.17, 15) is 20.4 Å². The number of rotatable bonds is 2. The topological polar surface area (TPSA) is 80.9 Å². The summed E-state index contributed by atoms with van der Waals surface area (Å²) in [5.74, 6) is -0.940. The summed E-state index contributed by atoms with van der Waals surface area (Å²) in [5.41, 5.74) is 1.90. The SMILES string of the molecule is Cc1cc(Cc2ccc(O)cc2)c(O)c(O)c1O. The third kappa shape index (κ3) is 2.18. The molecule has 0 radical (unpaired) electrons. The first-order valence-corrected chi connectivity index (χ1v) is 5.50. The predicted molar refractivity (Wildman–Crippen MR) is 67.1 cm³/mol. The molecule has 4 nitrogen and oxygen atoms in total. The van der Waals surface area contributed by atoms with Crippen LogP contribution in [-0.2, 0) is 6.42 Å². The van der Waals surface area contributed by atoms with Crippen molar-refractivity contribution in [1.82, 2.24) is 0 Å². The molecule has 0 aliphatic rings. The fourth-order valence-corrected chi connectivity index (χ4v) is 1.82. The Bertz CT molecular complexity index is 573. The van der Waals surface area contributed by atoms with E-state index in [-0.39, 0.29) is 17.2 Å². The van der Waals surface area contributed by atoms with Gasteiger partial charge in [-0.15, -0.1) is 0 Å². The second kappa shape index (κ2) is 4.49. The zero-order valence-electron chi connectivity index (χ0n) is 9.88. The number of hydrogen-bond acceptors (Lipinski definition) is 4. The summed E-state index contributed by atoms with van der Waals surface area (Å²) in [6, 6.07) is 8.19. The molecule has 0 aromatic heterocycles. The smallest absolute Gasteiger partial charge is 0.200 e. The van der Waals surface area contributed by atoms with Crippen molar-refractivity contribution in [3.8, 4) is 23.0 Å². The van der Waals surface area contributed by atoms with Gasteiger partial charge in [-0.25, -0.2) is 0 Å². The number of phenolic OH excluding ortho intramolecular Hbond substituents is 4. The van der Waals surface area contributed by atoms with Gasteiger partial charge < -0.3 is 20.4 Å². The van der Waals surface area contributed by atoms with Crippen LogP contribution < -0.4 is 0 Å². The summed E-state index contributed by atoms with van der Waals surface area (Å²) >= 11 is 0. The molecule has 0 amide bonds. The lowest BCUT2D eigenvalue weighted by Gasteiger charge is -2.10. The second-order valence-corrected chi connectivity index (χ2v) is 4.24. The monoisotopic (exact) mass is 246 g/mol. The number of hydrogen-bond donors (Lipinski definition) is 4. The third-order valence-corrected chi connectivity index (χ3v) is 2.85. The van der Waals surface area contributed by atoms with Crippen LogP contribution in [0.1, 0.15) is 16.7 Å². The maximum absolute atomic E-state index is 9.76. The summed E-state index contributed by atoms with van der Waals surface area (Å²) in [6.45, 7) is 1.65. The Morgan fingerprint density at radius 3 is 2.06 bits per heavy atom. The number of aryl methyl sites for hydroxylation is 1. The van der Waals surface area contributed by atoms with Gasteiger partial charge in [0, 0.05) is 12.0 Å². The number of phenols is 4. The van der Waals surface area contributed by atoms with Gasteiger partial charge in [0.05, 0.1) is 0 Å². The summed E-state index contributed by atoms with van der Waals surface area (Å²) < 4.78 is 0. The van der Waals surface area contributed by atoms with Gasteiger partial charge in [0.15, 0.2) is 11.5 Å². The molecule has 0 spiro atoms. The molecule has 0 bridgehead atoms. The maximum atomic E-state index is 9.76. The van der Waals surface area contributed by atoms with E-state index in [2.05, 4.69) is 0 Å². The second-order valence-electron chi connectivity index (χ2n) is 4.24. The van der Waals surface area contributed by atoms with Crippen LogP contribution in [0, 0.1) is 6.92 Å². The fraction of sp³-hybridized carbons (Fsp3) is 0.143. The predicted octanol–water partition coefficient (Wildman–Crippen LogP) is 2.41. The molecule has 0 aliphatic heterocycles. The van der Waals surface area contributed by atoms with Crippen LogP contribution in [0.3, 0.4) is 0 Å². The lowest BCUT2D eigenvalue weighted by atomic mass is 10.0. The standard InChI is InChI=1S/C14H14O4/c1-8-6-10(13(17)14(18)12(8)16)7-9-2-4-11(15)5-3-9/h2-6,15-18H,7H2,1H3. The Kier molecular flexibility index (Phi) is 3.02. The van der Waals surface area contributed by atoms with Crippen molar-refractivity contribution < 1.29 is 20.4 Å². The van der Waals surface area contributed by atoms with E-state index in [0.717, 1.165) is 5.56 Å². The molecular formula is C14H14O4. The lowest BCUT2D eigenvalue weighted by molar-refractivity contribution is 0.363. The molecule has 0 heterocycles. The summed E-state index contributed by atoms with van der Waals surface area (Å²) in [5, 5.41) is 38.0. The summed E-state index contributed by atoms with van der Waals surface area (Å²) in [7, 11) is 0. The number of aromatic hydroxyl groups is 4. The van der Waals surface area contributed by atoms with E-state index in [1.54, 1.807) is 37.3 Å². The first kappa shape index (κ1) is 12.1. The zero-order valence-corrected chi connectivity index (χ0v) is 9.88. The largest absolute Gasteiger partial charge is 0.508 e. The van der Waals surface area contributed by atoms with Crippen molar-refractivity contribution in [3.05, 3.63) is 47.0 Å². The molecule has 2 aromatic carbocycles. The molecule has 0 aliphatic carbocycles. The minimum atomic E-state index is -0.497. The maximum Gasteiger partial charge on any atom is 0.200 e. The van der Waals surface area contributed by atoms with Crippen LogP contribution in [0.25, 0.3) is 0 Å². The first-order valence-electron chi connectivity index (χ1n) is 5.50. The van der Waals surface area contributed by atoms with Crippen LogP contribution in [0.5, 0.6) is 23.0 Å². The molecule has 2 aromatic rings. The van der Waals surface area contributed by atoms with Crippen LogP contribution in [0.15, 0.2) is 30.3 Å². The first-order chi connectivity index (χ1) is 8.49. The van der Waals surface area contributed by atoms with Crippen molar-refractivity contribution in [2.24, 2.45) is 0 Å². The molecule has 94 valence electrons.